The minimum absolute atomic E-state index is 0.236. The van der Waals surface area contributed by atoms with Crippen LogP contribution in [0.5, 0.6) is 0 Å². The van der Waals surface area contributed by atoms with Gasteiger partial charge in [-0.15, -0.1) is 0 Å². The van der Waals surface area contributed by atoms with Crippen molar-refractivity contribution in [1.29, 1.82) is 0 Å². The zero-order chi connectivity index (χ0) is 11.4. The molecule has 0 saturated carbocycles. The average Bonchev–Trinajstić information content (AvgIpc) is 2.27. The van der Waals surface area contributed by atoms with Crippen LogP contribution in [0.25, 0.3) is 0 Å². The van der Waals surface area contributed by atoms with Crippen LogP contribution in [0.2, 0.25) is 0 Å². The van der Waals surface area contributed by atoms with Crippen LogP contribution in [0.1, 0.15) is 5.56 Å². The molecule has 2 aromatic rings. The zero-order valence-electron chi connectivity index (χ0n) is 8.65. The van der Waals surface area contributed by atoms with Gasteiger partial charge in [-0.25, -0.2) is 9.37 Å². The van der Waals surface area contributed by atoms with Crippen LogP contribution in [0.3, 0.4) is 0 Å². The number of rotatable bonds is 3. The van der Waals surface area contributed by atoms with Crippen LogP contribution < -0.4 is 11.1 Å². The van der Waals surface area contributed by atoms with Crippen molar-refractivity contribution in [3.63, 3.8) is 0 Å². The summed E-state index contributed by atoms with van der Waals surface area (Å²) in [5, 5.41) is 3.07. The molecule has 2 rings (SSSR count). The van der Waals surface area contributed by atoms with Gasteiger partial charge in [-0.3, -0.25) is 0 Å². The van der Waals surface area contributed by atoms with Gasteiger partial charge in [0.2, 0.25) is 0 Å². The van der Waals surface area contributed by atoms with Crippen LogP contribution in [0, 0.1) is 5.82 Å². The molecule has 0 spiro atoms. The van der Waals surface area contributed by atoms with E-state index in [-0.39, 0.29) is 5.82 Å². The Hall–Kier alpha value is -2.10. The number of hydrogen-bond donors (Lipinski definition) is 2. The summed E-state index contributed by atoms with van der Waals surface area (Å²) in [4.78, 5) is 4.09. The average molecular weight is 217 g/mol. The lowest BCUT2D eigenvalue weighted by atomic mass is 10.2. The highest BCUT2D eigenvalue weighted by molar-refractivity contribution is 5.48. The van der Waals surface area contributed by atoms with Crippen molar-refractivity contribution in [2.45, 2.75) is 6.54 Å². The molecule has 82 valence electrons. The van der Waals surface area contributed by atoms with E-state index in [1.165, 1.54) is 12.1 Å². The monoisotopic (exact) mass is 217 g/mol. The van der Waals surface area contributed by atoms with Gasteiger partial charge in [-0.05, 0) is 23.8 Å². The first-order valence-electron chi connectivity index (χ1n) is 4.94. The number of pyridine rings is 1. The van der Waals surface area contributed by atoms with E-state index >= 15 is 0 Å². The van der Waals surface area contributed by atoms with Gasteiger partial charge < -0.3 is 11.1 Å². The second-order valence-electron chi connectivity index (χ2n) is 3.46. The maximum Gasteiger partial charge on any atom is 0.128 e. The first kappa shape index (κ1) is 10.4. The molecule has 3 N–H and O–H groups in total. The summed E-state index contributed by atoms with van der Waals surface area (Å²) in [7, 11) is 0. The van der Waals surface area contributed by atoms with E-state index in [4.69, 9.17) is 5.73 Å². The summed E-state index contributed by atoms with van der Waals surface area (Å²) < 4.78 is 12.9. The van der Waals surface area contributed by atoms with Crippen molar-refractivity contribution in [1.82, 2.24) is 4.98 Å². The third-order valence-corrected chi connectivity index (χ3v) is 2.15. The van der Waals surface area contributed by atoms with Crippen LogP contribution in [-0.4, -0.2) is 4.98 Å². The summed E-state index contributed by atoms with van der Waals surface area (Å²) in [5.41, 5.74) is 7.13. The first-order valence-corrected chi connectivity index (χ1v) is 4.94. The van der Waals surface area contributed by atoms with E-state index in [0.717, 1.165) is 5.56 Å². The molecule has 1 aromatic heterocycles. The Morgan fingerprint density at radius 2 is 2.12 bits per heavy atom. The molecule has 1 heterocycles. The van der Waals surface area contributed by atoms with E-state index in [2.05, 4.69) is 10.3 Å². The van der Waals surface area contributed by atoms with Crippen molar-refractivity contribution in [2.24, 2.45) is 0 Å². The molecule has 0 aliphatic rings. The molecule has 0 fully saturated rings. The van der Waals surface area contributed by atoms with Gasteiger partial charge in [-0.2, -0.15) is 0 Å². The molecule has 1 aromatic carbocycles. The largest absolute Gasteiger partial charge is 0.399 e. The number of aromatic nitrogens is 1. The van der Waals surface area contributed by atoms with Crippen molar-refractivity contribution in [3.8, 4) is 0 Å². The first-order chi connectivity index (χ1) is 7.74. The Balaban J connectivity index is 2.02. The van der Waals surface area contributed by atoms with Gasteiger partial charge >= 0.3 is 0 Å². The van der Waals surface area contributed by atoms with Crippen molar-refractivity contribution >= 4 is 11.5 Å². The van der Waals surface area contributed by atoms with Crippen LogP contribution in [-0.2, 0) is 6.54 Å². The van der Waals surface area contributed by atoms with E-state index in [1.54, 1.807) is 24.4 Å². The van der Waals surface area contributed by atoms with Gasteiger partial charge in [0.15, 0.2) is 0 Å². The molecule has 0 amide bonds. The predicted molar refractivity (Wildman–Crippen MR) is 62.4 cm³/mol. The molecule has 16 heavy (non-hydrogen) atoms. The SMILES string of the molecule is Nc1ccnc(NCc2cccc(F)c2)c1. The second-order valence-corrected chi connectivity index (χ2v) is 3.46. The van der Waals surface area contributed by atoms with Gasteiger partial charge in [0.05, 0.1) is 0 Å². The smallest absolute Gasteiger partial charge is 0.128 e. The minimum Gasteiger partial charge on any atom is -0.399 e. The Bertz CT molecular complexity index is 440. The second kappa shape index (κ2) is 4.61. The Labute approximate surface area is 93.1 Å². The standard InChI is InChI=1S/C12H12FN3/c13-10-3-1-2-9(6-10)8-16-12-7-11(14)4-5-15-12/h1-7H,8H2,(H3,14,15,16). The summed E-state index contributed by atoms with van der Waals surface area (Å²) in [6.45, 7) is 0.522. The highest BCUT2D eigenvalue weighted by Gasteiger charge is 1.97. The lowest BCUT2D eigenvalue weighted by Gasteiger charge is -2.06. The number of anilines is 2. The summed E-state index contributed by atoms with van der Waals surface area (Å²) in [5.74, 6) is 0.448. The highest BCUT2D eigenvalue weighted by atomic mass is 19.1. The number of nitrogens with one attached hydrogen (secondary N) is 1. The van der Waals surface area contributed by atoms with Crippen molar-refractivity contribution in [3.05, 3.63) is 54.0 Å². The number of nitrogens with zero attached hydrogens (tertiary/aromatic N) is 1. The molecule has 0 atom stereocenters. The lowest BCUT2D eigenvalue weighted by molar-refractivity contribution is 0.626. The normalized spacial score (nSPS) is 10.1. The Morgan fingerprint density at radius 3 is 2.88 bits per heavy atom. The maximum absolute atomic E-state index is 12.9. The van der Waals surface area contributed by atoms with Crippen molar-refractivity contribution < 1.29 is 4.39 Å². The van der Waals surface area contributed by atoms with Gasteiger partial charge in [0, 0.05) is 24.5 Å². The Kier molecular flexibility index (Phi) is 3.00. The van der Waals surface area contributed by atoms with Crippen LogP contribution in [0.4, 0.5) is 15.9 Å². The molecule has 0 bridgehead atoms. The third-order valence-electron chi connectivity index (χ3n) is 2.15. The van der Waals surface area contributed by atoms with E-state index in [1.807, 2.05) is 6.07 Å². The molecule has 3 nitrogen and oxygen atoms in total. The summed E-state index contributed by atoms with van der Waals surface area (Å²) in [6, 6.07) is 9.88. The molecule has 0 unspecified atom stereocenters. The molecule has 0 aliphatic carbocycles. The highest BCUT2D eigenvalue weighted by Crippen LogP contribution is 2.10. The fourth-order valence-electron chi connectivity index (χ4n) is 1.38. The van der Waals surface area contributed by atoms with Crippen molar-refractivity contribution in [2.75, 3.05) is 11.1 Å². The molecular formula is C12H12FN3. The fourth-order valence-corrected chi connectivity index (χ4v) is 1.38. The van der Waals surface area contributed by atoms with E-state index < -0.39 is 0 Å². The Morgan fingerprint density at radius 1 is 1.25 bits per heavy atom. The zero-order valence-corrected chi connectivity index (χ0v) is 8.65. The van der Waals surface area contributed by atoms with Gasteiger partial charge in [0.1, 0.15) is 11.6 Å². The number of hydrogen-bond acceptors (Lipinski definition) is 3. The molecular weight excluding hydrogens is 205 g/mol. The number of benzene rings is 1. The lowest BCUT2D eigenvalue weighted by Crippen LogP contribution is -2.02. The third kappa shape index (κ3) is 2.70. The van der Waals surface area contributed by atoms with Crippen LogP contribution >= 0.6 is 0 Å². The number of nitrogens with two attached hydrogens (primary N) is 1. The van der Waals surface area contributed by atoms with E-state index in [0.29, 0.717) is 18.1 Å². The number of halogens is 1. The molecule has 0 radical (unpaired) electrons. The fraction of sp³-hybridized carbons (Fsp3) is 0.0833. The number of nitrogen functional groups attached to an aromatic ring is 1. The summed E-state index contributed by atoms with van der Waals surface area (Å²) in [6.07, 6.45) is 1.63. The molecule has 0 aliphatic heterocycles. The van der Waals surface area contributed by atoms with E-state index in [9.17, 15) is 4.39 Å². The summed E-state index contributed by atoms with van der Waals surface area (Å²) >= 11 is 0. The minimum atomic E-state index is -0.236. The van der Waals surface area contributed by atoms with Gasteiger partial charge in [0.25, 0.3) is 0 Å². The maximum atomic E-state index is 12.9. The predicted octanol–water partition coefficient (Wildman–Crippen LogP) is 2.42. The quantitative estimate of drug-likeness (QED) is 0.830. The molecule has 0 saturated heterocycles. The topological polar surface area (TPSA) is 50.9 Å². The van der Waals surface area contributed by atoms with Crippen LogP contribution in [0.15, 0.2) is 42.6 Å². The molecule has 4 heteroatoms. The van der Waals surface area contributed by atoms with Gasteiger partial charge in [-0.1, -0.05) is 12.1 Å².